The fourth-order valence-electron chi connectivity index (χ4n) is 5.28. The van der Waals surface area contributed by atoms with Crippen LogP contribution < -0.4 is 11.5 Å². The number of aliphatic hydroxyl groups is 2. The van der Waals surface area contributed by atoms with Crippen LogP contribution >= 0.6 is 0 Å². The third kappa shape index (κ3) is 8.39. The minimum Gasteiger partial charge on any atom is -0.465 e. The van der Waals surface area contributed by atoms with E-state index in [0.717, 1.165) is 0 Å². The molecule has 0 radical (unpaired) electrons. The first-order chi connectivity index (χ1) is 19.6. The Labute approximate surface area is 252 Å². The highest BCUT2D eigenvalue weighted by Gasteiger charge is 2.59. The maximum absolute atomic E-state index is 11.6. The van der Waals surface area contributed by atoms with Gasteiger partial charge in [0.05, 0.1) is 13.2 Å². The number of carbonyl (C=O) groups excluding carboxylic acids is 2. The number of methoxy groups -OCH3 is 2. The molecule has 0 bridgehead atoms. The number of hydrogen-bond donors (Lipinski definition) is 4. The number of carbonyl (C=O) groups is 2. The summed E-state index contributed by atoms with van der Waals surface area (Å²) in [6.45, 7) is 10.7. The third-order valence-corrected chi connectivity index (χ3v) is 7.09. The molecule has 16 heteroatoms. The van der Waals surface area contributed by atoms with Gasteiger partial charge in [0.2, 0.25) is 0 Å². The van der Waals surface area contributed by atoms with Gasteiger partial charge in [0, 0.05) is 14.2 Å². The summed E-state index contributed by atoms with van der Waals surface area (Å²) in [5.74, 6) is -3.02. The highest BCUT2D eigenvalue weighted by atomic mass is 16.8. The predicted molar refractivity (Wildman–Crippen MR) is 147 cm³/mol. The van der Waals surface area contributed by atoms with E-state index in [9.17, 15) is 19.8 Å². The summed E-state index contributed by atoms with van der Waals surface area (Å²) >= 11 is 0. The molecule has 12 atom stereocenters. The molecule has 0 amide bonds. The molecule has 0 aromatic heterocycles. The Morgan fingerprint density at radius 3 is 1.28 bits per heavy atom. The van der Waals surface area contributed by atoms with E-state index in [4.69, 9.17) is 58.8 Å². The lowest BCUT2D eigenvalue weighted by Crippen LogP contribution is -2.52. The molecule has 4 aliphatic heterocycles. The van der Waals surface area contributed by atoms with Gasteiger partial charge in [-0.1, -0.05) is 7.43 Å². The summed E-state index contributed by atoms with van der Waals surface area (Å²) in [6, 6.07) is -2.45. The van der Waals surface area contributed by atoms with Crippen LogP contribution in [0.25, 0.3) is 0 Å². The zero-order valence-corrected chi connectivity index (χ0v) is 25.3. The lowest BCUT2D eigenvalue weighted by molar-refractivity contribution is -0.238. The predicted octanol–water partition coefficient (Wildman–Crippen LogP) is -1.11. The van der Waals surface area contributed by atoms with Gasteiger partial charge in [-0.3, -0.25) is 9.59 Å². The molecule has 4 heterocycles. The molecule has 4 fully saturated rings. The van der Waals surface area contributed by atoms with Gasteiger partial charge < -0.3 is 69.0 Å². The van der Waals surface area contributed by atoms with Crippen molar-refractivity contribution in [2.24, 2.45) is 11.5 Å². The van der Waals surface area contributed by atoms with E-state index in [2.05, 4.69) is 0 Å². The second-order valence-electron chi connectivity index (χ2n) is 11.1. The van der Waals surface area contributed by atoms with E-state index < -0.39 is 97.0 Å². The van der Waals surface area contributed by atoms with Crippen LogP contribution in [0, 0.1) is 0 Å². The second-order valence-corrected chi connectivity index (χ2v) is 11.1. The molecule has 0 unspecified atom stereocenters. The van der Waals surface area contributed by atoms with E-state index in [0.29, 0.717) is 0 Å². The van der Waals surface area contributed by atoms with Crippen LogP contribution in [0.3, 0.4) is 0 Å². The Morgan fingerprint density at radius 2 is 1.00 bits per heavy atom. The van der Waals surface area contributed by atoms with Gasteiger partial charge in [0.1, 0.15) is 60.9 Å². The van der Waals surface area contributed by atoms with Gasteiger partial charge in [-0.25, -0.2) is 0 Å². The quantitative estimate of drug-likeness (QED) is 0.211. The Morgan fingerprint density at radius 1 is 0.698 bits per heavy atom. The Kier molecular flexibility index (Phi) is 13.3. The first kappa shape index (κ1) is 37.6. The highest BCUT2D eigenvalue weighted by Crippen LogP contribution is 2.41. The topological polar surface area (TPSA) is 219 Å². The lowest BCUT2D eigenvalue weighted by Gasteiger charge is -2.28. The number of rotatable bonds is 10. The normalized spacial score (nSPS) is 36.2. The third-order valence-electron chi connectivity index (χ3n) is 7.09. The zero-order valence-electron chi connectivity index (χ0n) is 25.3. The molecule has 0 aliphatic carbocycles. The van der Waals surface area contributed by atoms with E-state index >= 15 is 0 Å². The largest absolute Gasteiger partial charge is 0.465 e. The number of fused-ring (bicyclic) bond motifs is 2. The number of hydrogen-bond acceptors (Lipinski definition) is 16. The van der Waals surface area contributed by atoms with E-state index in [1.54, 1.807) is 41.5 Å². The van der Waals surface area contributed by atoms with Gasteiger partial charge in [0.25, 0.3) is 0 Å². The second kappa shape index (κ2) is 15.2. The molecule has 0 saturated carbocycles. The van der Waals surface area contributed by atoms with Gasteiger partial charge in [0.15, 0.2) is 24.2 Å². The Bertz CT molecular complexity index is 850. The zero-order chi connectivity index (χ0) is 31.6. The Hall–Kier alpha value is -1.54. The highest BCUT2D eigenvalue weighted by molar-refractivity contribution is 5.76. The van der Waals surface area contributed by atoms with Crippen molar-refractivity contribution in [1.82, 2.24) is 0 Å². The molecule has 0 aromatic carbocycles. The number of esters is 2. The van der Waals surface area contributed by atoms with Crippen LogP contribution in [0.2, 0.25) is 0 Å². The van der Waals surface area contributed by atoms with Crippen molar-refractivity contribution < 1.29 is 67.2 Å². The minimum absolute atomic E-state index is 0. The van der Waals surface area contributed by atoms with Crippen LogP contribution in [0.5, 0.6) is 0 Å². The molecule has 43 heavy (non-hydrogen) atoms. The number of ether oxygens (including phenoxy) is 10. The molecule has 4 aliphatic rings. The number of aliphatic hydroxyl groups excluding tert-OH is 2. The minimum atomic E-state index is -1.28. The molecule has 0 spiro atoms. The van der Waals surface area contributed by atoms with Crippen LogP contribution in [0.1, 0.15) is 49.0 Å². The molecule has 4 saturated heterocycles. The van der Waals surface area contributed by atoms with Crippen LogP contribution in [-0.4, -0.2) is 135 Å². The smallest absolute Gasteiger partial charge is 0.325 e. The average Bonchev–Trinajstić information content (AvgIpc) is 3.62. The summed E-state index contributed by atoms with van der Waals surface area (Å²) in [7, 11) is 2.94. The Balaban J connectivity index is 0.000000293. The van der Waals surface area contributed by atoms with Crippen molar-refractivity contribution in [3.8, 4) is 0 Å². The molecule has 6 N–H and O–H groups in total. The van der Waals surface area contributed by atoms with Crippen molar-refractivity contribution in [3.63, 3.8) is 0 Å². The molecule has 4 rings (SSSR count). The van der Waals surface area contributed by atoms with Gasteiger partial charge in [-0.2, -0.15) is 0 Å². The molecular weight excluding hydrogens is 576 g/mol. The lowest BCUT2D eigenvalue weighted by atomic mass is 10.0. The van der Waals surface area contributed by atoms with Crippen LogP contribution in [-0.2, 0) is 57.0 Å². The van der Waals surface area contributed by atoms with Crippen molar-refractivity contribution >= 4 is 11.9 Å². The summed E-state index contributed by atoms with van der Waals surface area (Å²) in [4.78, 5) is 23.3. The first-order valence-corrected chi connectivity index (χ1v) is 13.9. The van der Waals surface area contributed by atoms with Gasteiger partial charge in [-0.15, -0.1) is 0 Å². The number of nitrogens with two attached hydrogens (primary N) is 2. The summed E-state index contributed by atoms with van der Waals surface area (Å²) in [5, 5.41) is 20.6. The first-order valence-electron chi connectivity index (χ1n) is 13.9. The standard InChI is InChI=1S/2C13H23NO7.CH4/c2*1-5-18-11(16)6(14)7(15)8-9-10(12(17-4)19-8)21-13(2,3)20-9;/h2*6-10,12,15H,5,14H2,1-4H3;1H4/t6-,7+,8-,9+,10+,12-;6-,7-,8+,9-,10-,12+;/m10./s1. The summed E-state index contributed by atoms with van der Waals surface area (Å²) < 4.78 is 54.0. The van der Waals surface area contributed by atoms with Gasteiger partial charge >= 0.3 is 11.9 Å². The fraction of sp³-hybridized carbons (Fsp3) is 0.926. The van der Waals surface area contributed by atoms with Crippen molar-refractivity contribution in [2.75, 3.05) is 27.4 Å². The molecular formula is C27H50N2O14. The summed E-state index contributed by atoms with van der Waals surface area (Å²) in [6.07, 6.45) is -7.72. The molecule has 0 aromatic rings. The SMILES string of the molecule is C.CCOC(=O)[C@@H](N)[C@H](O)[C@H]1O[C@@H](OC)[C@H]2OC(C)(C)O[C@H]21.CCOC(=O)[C@H](N)[C@H](O)[C@H]1O[C@@H](OC)[C@H]2OC(C)(C)O[C@H]21. The summed E-state index contributed by atoms with van der Waals surface area (Å²) in [5.41, 5.74) is 11.4. The van der Waals surface area contributed by atoms with Crippen LogP contribution in [0.4, 0.5) is 0 Å². The van der Waals surface area contributed by atoms with Crippen LogP contribution in [0.15, 0.2) is 0 Å². The van der Waals surface area contributed by atoms with E-state index in [-0.39, 0.29) is 20.6 Å². The van der Waals surface area contributed by atoms with E-state index in [1.165, 1.54) is 14.2 Å². The van der Waals surface area contributed by atoms with Gasteiger partial charge in [-0.05, 0) is 41.5 Å². The maximum atomic E-state index is 11.6. The molecule has 252 valence electrons. The molecule has 16 nitrogen and oxygen atoms in total. The maximum Gasteiger partial charge on any atom is 0.325 e. The van der Waals surface area contributed by atoms with E-state index in [1.807, 2.05) is 0 Å². The fourth-order valence-corrected chi connectivity index (χ4v) is 5.28. The van der Waals surface area contributed by atoms with Crippen molar-refractivity contribution in [2.45, 2.75) is 134 Å². The average molecular weight is 627 g/mol. The monoisotopic (exact) mass is 626 g/mol. The van der Waals surface area contributed by atoms with Crippen molar-refractivity contribution in [1.29, 1.82) is 0 Å². The van der Waals surface area contributed by atoms with Crippen molar-refractivity contribution in [3.05, 3.63) is 0 Å².